The van der Waals surface area contributed by atoms with Gasteiger partial charge in [0.05, 0.1) is 11.7 Å². The predicted molar refractivity (Wildman–Crippen MR) is 86.1 cm³/mol. The summed E-state index contributed by atoms with van der Waals surface area (Å²) in [5.41, 5.74) is 0.665. The molecule has 2 aliphatic rings. The Kier molecular flexibility index (Phi) is 5.53. The van der Waals surface area contributed by atoms with Crippen molar-refractivity contribution in [2.75, 3.05) is 6.54 Å². The summed E-state index contributed by atoms with van der Waals surface area (Å²) in [6.45, 7) is 10.3. The lowest BCUT2D eigenvalue weighted by molar-refractivity contribution is -0.0760. The van der Waals surface area contributed by atoms with Crippen molar-refractivity contribution in [3.8, 4) is 0 Å². The Labute approximate surface area is 126 Å². The maximum Gasteiger partial charge on any atom is 0.0687 e. The lowest BCUT2D eigenvalue weighted by Crippen LogP contribution is -2.38. The van der Waals surface area contributed by atoms with E-state index >= 15 is 0 Å². The largest absolute Gasteiger partial charge is 0.372 e. The van der Waals surface area contributed by atoms with Crippen molar-refractivity contribution in [1.82, 2.24) is 5.32 Å². The highest BCUT2D eigenvalue weighted by atomic mass is 16.5. The third-order valence-electron chi connectivity index (χ3n) is 5.61. The van der Waals surface area contributed by atoms with Crippen LogP contribution in [0.1, 0.15) is 85.5 Å². The molecule has 2 rings (SSSR count). The zero-order chi connectivity index (χ0) is 14.6. The van der Waals surface area contributed by atoms with Gasteiger partial charge in [-0.1, -0.05) is 47.0 Å². The molecule has 1 spiro atoms. The average molecular weight is 281 g/mol. The van der Waals surface area contributed by atoms with Gasteiger partial charge in [0.15, 0.2) is 0 Å². The van der Waals surface area contributed by atoms with Crippen LogP contribution in [-0.4, -0.2) is 24.3 Å². The number of rotatable bonds is 6. The number of ether oxygens (including phenoxy) is 1. The number of hydrogen-bond donors (Lipinski definition) is 1. The Bertz CT molecular complexity index is 296. The summed E-state index contributed by atoms with van der Waals surface area (Å²) in [4.78, 5) is 0. The van der Waals surface area contributed by atoms with Crippen LogP contribution in [-0.2, 0) is 4.74 Å². The van der Waals surface area contributed by atoms with E-state index in [1.165, 1.54) is 57.8 Å². The summed E-state index contributed by atoms with van der Waals surface area (Å²) in [5, 5.41) is 3.63. The van der Waals surface area contributed by atoms with Crippen molar-refractivity contribution >= 4 is 0 Å². The van der Waals surface area contributed by atoms with Crippen LogP contribution in [0.25, 0.3) is 0 Å². The van der Waals surface area contributed by atoms with Gasteiger partial charge in [-0.15, -0.1) is 0 Å². The van der Waals surface area contributed by atoms with Gasteiger partial charge in [-0.2, -0.15) is 0 Å². The molecule has 2 unspecified atom stereocenters. The van der Waals surface area contributed by atoms with E-state index in [4.69, 9.17) is 4.74 Å². The molecule has 1 saturated carbocycles. The van der Waals surface area contributed by atoms with Crippen molar-refractivity contribution in [2.24, 2.45) is 5.41 Å². The Morgan fingerprint density at radius 3 is 2.50 bits per heavy atom. The first-order valence-corrected chi connectivity index (χ1v) is 8.88. The minimum Gasteiger partial charge on any atom is -0.372 e. The van der Waals surface area contributed by atoms with Gasteiger partial charge < -0.3 is 10.1 Å². The maximum atomic E-state index is 6.57. The van der Waals surface area contributed by atoms with Gasteiger partial charge in [-0.05, 0) is 43.9 Å². The fraction of sp³-hybridized carbons (Fsp3) is 1.00. The van der Waals surface area contributed by atoms with Crippen LogP contribution in [0.5, 0.6) is 0 Å². The van der Waals surface area contributed by atoms with Gasteiger partial charge in [0.1, 0.15) is 0 Å². The van der Waals surface area contributed by atoms with Crippen LogP contribution in [0.3, 0.4) is 0 Å². The maximum absolute atomic E-state index is 6.57. The highest BCUT2D eigenvalue weighted by Crippen LogP contribution is 2.44. The summed E-state index contributed by atoms with van der Waals surface area (Å²) < 4.78 is 6.57. The van der Waals surface area contributed by atoms with Crippen LogP contribution in [0, 0.1) is 5.41 Å². The first-order chi connectivity index (χ1) is 9.47. The van der Waals surface area contributed by atoms with Crippen LogP contribution in [0.4, 0.5) is 0 Å². The highest BCUT2D eigenvalue weighted by Gasteiger charge is 2.42. The molecule has 118 valence electrons. The van der Waals surface area contributed by atoms with Crippen LogP contribution in [0.15, 0.2) is 0 Å². The third-order valence-corrected chi connectivity index (χ3v) is 5.61. The third kappa shape index (κ3) is 4.21. The summed E-state index contributed by atoms with van der Waals surface area (Å²) in [6, 6.07) is 0.579. The Balaban J connectivity index is 1.85. The fourth-order valence-electron chi connectivity index (χ4n) is 3.94. The van der Waals surface area contributed by atoms with E-state index in [0.717, 1.165) is 6.54 Å². The summed E-state index contributed by atoms with van der Waals surface area (Å²) in [6.07, 6.45) is 12.4. The SMILES string of the molecule is CCC(C)(CNC(C)C)CC1CCC2(CCCCC2)O1. The Hall–Kier alpha value is -0.0800. The van der Waals surface area contributed by atoms with E-state index in [1.807, 2.05) is 0 Å². The standard InChI is InChI=1S/C18H35NO/c1-5-17(4,14-19-15(2)3)13-16-9-12-18(20-16)10-7-6-8-11-18/h15-16,19H,5-14H2,1-4H3. The molecule has 0 aromatic carbocycles. The first-order valence-electron chi connectivity index (χ1n) is 8.88. The first kappa shape index (κ1) is 16.3. The monoisotopic (exact) mass is 281 g/mol. The van der Waals surface area contributed by atoms with Crippen LogP contribution < -0.4 is 5.32 Å². The zero-order valence-corrected chi connectivity index (χ0v) is 14.1. The molecule has 0 radical (unpaired) electrons. The molecule has 1 N–H and O–H groups in total. The topological polar surface area (TPSA) is 21.3 Å². The second kappa shape index (κ2) is 6.79. The molecule has 1 saturated heterocycles. The van der Waals surface area contributed by atoms with Gasteiger partial charge in [0.25, 0.3) is 0 Å². The summed E-state index contributed by atoms with van der Waals surface area (Å²) in [5.74, 6) is 0. The van der Waals surface area contributed by atoms with Crippen LogP contribution >= 0.6 is 0 Å². The molecular formula is C18H35NO. The van der Waals surface area contributed by atoms with Crippen molar-refractivity contribution < 1.29 is 4.74 Å². The van der Waals surface area contributed by atoms with E-state index in [-0.39, 0.29) is 5.60 Å². The van der Waals surface area contributed by atoms with E-state index in [9.17, 15) is 0 Å². The van der Waals surface area contributed by atoms with E-state index in [1.54, 1.807) is 0 Å². The molecule has 2 atom stereocenters. The van der Waals surface area contributed by atoms with Crippen molar-refractivity contribution in [1.29, 1.82) is 0 Å². The molecule has 20 heavy (non-hydrogen) atoms. The van der Waals surface area contributed by atoms with Gasteiger partial charge in [-0.25, -0.2) is 0 Å². The number of hydrogen-bond acceptors (Lipinski definition) is 2. The van der Waals surface area contributed by atoms with Gasteiger partial charge in [-0.3, -0.25) is 0 Å². The number of nitrogens with one attached hydrogen (secondary N) is 1. The molecule has 2 heteroatoms. The molecule has 0 amide bonds. The minimum absolute atomic E-state index is 0.281. The normalized spacial score (nSPS) is 28.9. The summed E-state index contributed by atoms with van der Waals surface area (Å²) >= 11 is 0. The van der Waals surface area contributed by atoms with Crippen molar-refractivity contribution in [2.45, 2.75) is 103 Å². The minimum atomic E-state index is 0.281. The van der Waals surface area contributed by atoms with Crippen LogP contribution in [0.2, 0.25) is 0 Å². The van der Waals surface area contributed by atoms with Crippen molar-refractivity contribution in [3.63, 3.8) is 0 Å². The van der Waals surface area contributed by atoms with Crippen molar-refractivity contribution in [3.05, 3.63) is 0 Å². The molecule has 1 aliphatic carbocycles. The molecule has 1 aliphatic heterocycles. The van der Waals surface area contributed by atoms with E-state index < -0.39 is 0 Å². The summed E-state index contributed by atoms with van der Waals surface area (Å²) in [7, 11) is 0. The second-order valence-electron chi connectivity index (χ2n) is 7.93. The molecule has 0 aromatic heterocycles. The second-order valence-corrected chi connectivity index (χ2v) is 7.93. The molecule has 2 nitrogen and oxygen atoms in total. The molecular weight excluding hydrogens is 246 g/mol. The van der Waals surface area contributed by atoms with E-state index in [0.29, 0.717) is 17.6 Å². The zero-order valence-electron chi connectivity index (χ0n) is 14.1. The van der Waals surface area contributed by atoms with Gasteiger partial charge in [0, 0.05) is 12.6 Å². The van der Waals surface area contributed by atoms with Gasteiger partial charge >= 0.3 is 0 Å². The average Bonchev–Trinajstić information content (AvgIpc) is 2.80. The predicted octanol–water partition coefficient (Wildman–Crippen LogP) is 4.67. The highest BCUT2D eigenvalue weighted by molar-refractivity contribution is 4.93. The molecule has 2 fully saturated rings. The Morgan fingerprint density at radius 1 is 1.20 bits per heavy atom. The smallest absolute Gasteiger partial charge is 0.0687 e. The lowest BCUT2D eigenvalue weighted by Gasteiger charge is -2.36. The van der Waals surface area contributed by atoms with E-state index in [2.05, 4.69) is 33.0 Å². The molecule has 0 aromatic rings. The fourth-order valence-corrected chi connectivity index (χ4v) is 3.94. The molecule has 1 heterocycles. The van der Waals surface area contributed by atoms with Gasteiger partial charge in [0.2, 0.25) is 0 Å². The molecule has 0 bridgehead atoms. The quantitative estimate of drug-likeness (QED) is 0.763. The lowest BCUT2D eigenvalue weighted by atomic mass is 9.80. The Morgan fingerprint density at radius 2 is 1.90 bits per heavy atom.